The Hall–Kier alpha value is -2.65. The summed E-state index contributed by atoms with van der Waals surface area (Å²) in [6, 6.07) is 4.28. The Labute approximate surface area is 115 Å². The van der Waals surface area contributed by atoms with Gasteiger partial charge in [0.1, 0.15) is 11.5 Å². The molecule has 0 fully saturated rings. The minimum absolute atomic E-state index is 0.164. The molecule has 1 amide bonds. The fraction of sp³-hybridized carbons (Fsp3) is 0.143. The van der Waals surface area contributed by atoms with E-state index in [9.17, 15) is 9.18 Å². The van der Waals surface area contributed by atoms with Gasteiger partial charge in [-0.15, -0.1) is 0 Å². The highest BCUT2D eigenvalue weighted by Crippen LogP contribution is 2.14. The zero-order valence-corrected chi connectivity index (χ0v) is 10.9. The van der Waals surface area contributed by atoms with Crippen LogP contribution in [0.25, 0.3) is 0 Å². The van der Waals surface area contributed by atoms with E-state index in [4.69, 9.17) is 5.73 Å². The Balaban J connectivity index is 2.14. The first-order valence-electron chi connectivity index (χ1n) is 5.88. The van der Waals surface area contributed by atoms with E-state index in [0.717, 1.165) is 0 Å². The molecule has 0 unspecified atom stereocenters. The lowest BCUT2D eigenvalue weighted by molar-refractivity contribution is 0.102. The number of hydrogen-bond acceptors (Lipinski definition) is 3. The van der Waals surface area contributed by atoms with Crippen molar-refractivity contribution < 1.29 is 9.18 Å². The van der Waals surface area contributed by atoms with E-state index in [1.807, 2.05) is 0 Å². The van der Waals surface area contributed by atoms with Crippen LogP contribution in [0.15, 0.2) is 30.7 Å². The zero-order chi connectivity index (χ0) is 14.5. The van der Waals surface area contributed by atoms with Gasteiger partial charge in [0.2, 0.25) is 0 Å². The number of nitrogens with two attached hydrogens (primary N) is 1. The molecule has 2 aromatic rings. The Morgan fingerprint density at radius 2 is 2.35 bits per heavy atom. The monoisotopic (exact) mass is 272 g/mol. The van der Waals surface area contributed by atoms with Crippen molar-refractivity contribution in [3.8, 4) is 11.8 Å². The maximum atomic E-state index is 13.7. The number of imidazole rings is 1. The SMILES string of the molecule is Cn1cnc(C(=O)Nc2ccc(C#CCN)c(F)c2)c1. The Bertz CT molecular complexity index is 697. The largest absolute Gasteiger partial charge is 0.340 e. The standard InChI is InChI=1S/C14H13FN4O/c1-19-8-13(17-9-19)14(20)18-11-5-4-10(3-2-6-16)12(15)7-11/h4-5,7-9H,6,16H2,1H3,(H,18,20). The highest BCUT2D eigenvalue weighted by Gasteiger charge is 2.10. The van der Waals surface area contributed by atoms with Crippen LogP contribution in [0, 0.1) is 17.7 Å². The number of rotatable bonds is 2. The molecule has 0 bridgehead atoms. The number of aromatic nitrogens is 2. The van der Waals surface area contributed by atoms with Crippen LogP contribution in [0.4, 0.5) is 10.1 Å². The van der Waals surface area contributed by atoms with Crippen molar-refractivity contribution in [2.24, 2.45) is 12.8 Å². The molecule has 1 aromatic heterocycles. The van der Waals surface area contributed by atoms with Crippen LogP contribution >= 0.6 is 0 Å². The number of nitrogens with zero attached hydrogens (tertiary/aromatic N) is 2. The first kappa shape index (κ1) is 13.8. The maximum absolute atomic E-state index is 13.7. The van der Waals surface area contributed by atoms with E-state index < -0.39 is 11.7 Å². The molecular weight excluding hydrogens is 259 g/mol. The van der Waals surface area contributed by atoms with Crippen LogP contribution in [0.1, 0.15) is 16.1 Å². The molecule has 5 nitrogen and oxygen atoms in total. The summed E-state index contributed by atoms with van der Waals surface area (Å²) in [5.41, 5.74) is 6.08. The lowest BCUT2D eigenvalue weighted by atomic mass is 10.2. The number of benzene rings is 1. The predicted molar refractivity (Wildman–Crippen MR) is 73.5 cm³/mol. The smallest absolute Gasteiger partial charge is 0.275 e. The molecular formula is C14H13FN4O. The van der Waals surface area contributed by atoms with Crippen molar-refractivity contribution in [1.82, 2.24) is 9.55 Å². The van der Waals surface area contributed by atoms with Gasteiger partial charge in [-0.2, -0.15) is 0 Å². The van der Waals surface area contributed by atoms with Gasteiger partial charge in [-0.3, -0.25) is 4.79 Å². The van der Waals surface area contributed by atoms with Crippen molar-refractivity contribution in [2.45, 2.75) is 0 Å². The van der Waals surface area contributed by atoms with Crippen LogP contribution in [-0.2, 0) is 7.05 Å². The molecule has 6 heteroatoms. The number of carbonyl (C=O) groups excluding carboxylic acids is 1. The molecule has 0 radical (unpaired) electrons. The normalized spacial score (nSPS) is 9.75. The van der Waals surface area contributed by atoms with E-state index in [2.05, 4.69) is 22.1 Å². The van der Waals surface area contributed by atoms with Gasteiger partial charge < -0.3 is 15.6 Å². The van der Waals surface area contributed by atoms with Gasteiger partial charge in [-0.25, -0.2) is 9.37 Å². The summed E-state index contributed by atoms with van der Waals surface area (Å²) < 4.78 is 15.4. The molecule has 1 aromatic carbocycles. The second-order valence-electron chi connectivity index (χ2n) is 4.08. The molecule has 0 atom stereocenters. The van der Waals surface area contributed by atoms with Crippen LogP contribution in [-0.4, -0.2) is 22.0 Å². The van der Waals surface area contributed by atoms with Gasteiger partial charge in [-0.1, -0.05) is 11.8 Å². The molecule has 0 aliphatic heterocycles. The zero-order valence-electron chi connectivity index (χ0n) is 10.9. The molecule has 0 aliphatic carbocycles. The Morgan fingerprint density at radius 3 is 2.95 bits per heavy atom. The number of hydrogen-bond donors (Lipinski definition) is 2. The predicted octanol–water partition coefficient (Wildman–Crippen LogP) is 1.12. The lowest BCUT2D eigenvalue weighted by Gasteiger charge is -2.04. The number of aryl methyl sites for hydroxylation is 1. The molecule has 102 valence electrons. The molecule has 0 spiro atoms. The van der Waals surface area contributed by atoms with Crippen molar-refractivity contribution in [2.75, 3.05) is 11.9 Å². The third kappa shape index (κ3) is 3.22. The molecule has 1 heterocycles. The molecule has 0 saturated heterocycles. The maximum Gasteiger partial charge on any atom is 0.275 e. The van der Waals surface area contributed by atoms with Crippen molar-refractivity contribution in [1.29, 1.82) is 0 Å². The summed E-state index contributed by atoms with van der Waals surface area (Å²) in [4.78, 5) is 15.8. The van der Waals surface area contributed by atoms with Gasteiger partial charge in [0.15, 0.2) is 0 Å². The average Bonchev–Trinajstić information content (AvgIpc) is 2.85. The van der Waals surface area contributed by atoms with Gasteiger partial charge in [0.25, 0.3) is 5.91 Å². The van der Waals surface area contributed by atoms with Crippen molar-refractivity contribution in [3.63, 3.8) is 0 Å². The third-order valence-electron chi connectivity index (χ3n) is 2.49. The first-order valence-corrected chi connectivity index (χ1v) is 5.88. The topological polar surface area (TPSA) is 72.9 Å². The fourth-order valence-electron chi connectivity index (χ4n) is 1.57. The summed E-state index contributed by atoms with van der Waals surface area (Å²) >= 11 is 0. The van der Waals surface area contributed by atoms with Crippen LogP contribution in [0.3, 0.4) is 0 Å². The minimum atomic E-state index is -0.509. The van der Waals surface area contributed by atoms with Crippen molar-refractivity contribution >= 4 is 11.6 Å². The van der Waals surface area contributed by atoms with E-state index >= 15 is 0 Å². The van der Waals surface area contributed by atoms with E-state index in [-0.39, 0.29) is 17.8 Å². The highest BCUT2D eigenvalue weighted by molar-refractivity contribution is 6.02. The summed E-state index contributed by atoms with van der Waals surface area (Å²) in [6.45, 7) is 0.164. The molecule has 20 heavy (non-hydrogen) atoms. The molecule has 3 N–H and O–H groups in total. The summed E-state index contributed by atoms with van der Waals surface area (Å²) in [6.07, 6.45) is 3.09. The fourth-order valence-corrected chi connectivity index (χ4v) is 1.57. The van der Waals surface area contributed by atoms with E-state index in [0.29, 0.717) is 5.69 Å². The Morgan fingerprint density at radius 1 is 1.55 bits per heavy atom. The first-order chi connectivity index (χ1) is 9.60. The van der Waals surface area contributed by atoms with Gasteiger partial charge >= 0.3 is 0 Å². The summed E-state index contributed by atoms with van der Waals surface area (Å²) in [7, 11) is 1.76. The van der Waals surface area contributed by atoms with Crippen LogP contribution in [0.2, 0.25) is 0 Å². The Kier molecular flexibility index (Phi) is 4.13. The molecule has 0 saturated carbocycles. The second-order valence-corrected chi connectivity index (χ2v) is 4.08. The van der Waals surface area contributed by atoms with E-state index in [1.54, 1.807) is 23.9 Å². The van der Waals surface area contributed by atoms with Gasteiger partial charge in [-0.05, 0) is 18.2 Å². The molecule has 2 rings (SSSR count). The number of carbonyl (C=O) groups is 1. The summed E-state index contributed by atoms with van der Waals surface area (Å²) in [5, 5.41) is 2.57. The van der Waals surface area contributed by atoms with Gasteiger partial charge in [0, 0.05) is 18.9 Å². The van der Waals surface area contributed by atoms with E-state index in [1.165, 1.54) is 18.5 Å². The second kappa shape index (κ2) is 5.99. The van der Waals surface area contributed by atoms with Gasteiger partial charge in [0.05, 0.1) is 18.4 Å². The number of anilines is 1. The lowest BCUT2D eigenvalue weighted by Crippen LogP contribution is -2.12. The van der Waals surface area contributed by atoms with Crippen LogP contribution in [0.5, 0.6) is 0 Å². The average molecular weight is 272 g/mol. The van der Waals surface area contributed by atoms with Crippen LogP contribution < -0.4 is 11.1 Å². The number of amides is 1. The highest BCUT2D eigenvalue weighted by atomic mass is 19.1. The third-order valence-corrected chi connectivity index (χ3v) is 2.49. The number of halogens is 1. The summed E-state index contributed by atoms with van der Waals surface area (Å²) in [5.74, 6) is 4.27. The minimum Gasteiger partial charge on any atom is -0.340 e. The van der Waals surface area contributed by atoms with Crippen molar-refractivity contribution in [3.05, 3.63) is 47.8 Å². The molecule has 0 aliphatic rings. The number of nitrogens with one attached hydrogen (secondary N) is 1. The quantitative estimate of drug-likeness (QED) is 0.805.